The predicted molar refractivity (Wildman–Crippen MR) is 134 cm³/mol. The maximum atomic E-state index is 6.02. The molecule has 32 heavy (non-hydrogen) atoms. The normalized spacial score (nSPS) is 11.4. The summed E-state index contributed by atoms with van der Waals surface area (Å²) >= 11 is 6.02. The Morgan fingerprint density at radius 2 is 1.75 bits per heavy atom. The largest absolute Gasteiger partial charge is 0.487 e. The van der Waals surface area contributed by atoms with Crippen LogP contribution in [0.4, 0.5) is 0 Å². The van der Waals surface area contributed by atoms with Gasteiger partial charge in [0.15, 0.2) is 0 Å². The number of aromatic nitrogens is 1. The van der Waals surface area contributed by atoms with Crippen LogP contribution < -0.4 is 4.74 Å². The smallest absolute Gasteiger partial charge is 0.130 e. The predicted octanol–water partition coefficient (Wildman–Crippen LogP) is 6.56. The zero-order valence-corrected chi connectivity index (χ0v) is 18.7. The molecule has 0 radical (unpaired) electrons. The first-order valence-electron chi connectivity index (χ1n) is 10.3. The van der Waals surface area contributed by atoms with Crippen LogP contribution in [0.5, 0.6) is 5.75 Å². The van der Waals surface area contributed by atoms with E-state index >= 15 is 0 Å². The fourth-order valence-corrected chi connectivity index (χ4v) is 3.51. The Labute approximate surface area is 193 Å². The Balaban J connectivity index is 1.50. The summed E-state index contributed by atoms with van der Waals surface area (Å²) in [6.07, 6.45) is 2.13. The SMILES string of the molecule is C=NN(C)C/C(=C/c1ccc(Cl)cc1)c1ccc(OCc2ccc3ccccc3n2)cc1. The number of benzene rings is 3. The van der Waals surface area contributed by atoms with Crippen LogP contribution in [-0.4, -0.2) is 30.3 Å². The van der Waals surface area contributed by atoms with E-state index in [1.165, 1.54) is 0 Å². The van der Waals surface area contributed by atoms with Crippen LogP contribution >= 0.6 is 11.6 Å². The molecule has 0 saturated carbocycles. The lowest BCUT2D eigenvalue weighted by atomic mass is 10.0. The molecule has 160 valence electrons. The molecule has 0 aliphatic carbocycles. The van der Waals surface area contributed by atoms with Gasteiger partial charge in [0.25, 0.3) is 0 Å². The zero-order chi connectivity index (χ0) is 22.3. The molecule has 0 N–H and O–H groups in total. The third-order valence-electron chi connectivity index (χ3n) is 5.12. The highest BCUT2D eigenvalue weighted by Crippen LogP contribution is 2.24. The Morgan fingerprint density at radius 1 is 1.00 bits per heavy atom. The summed E-state index contributed by atoms with van der Waals surface area (Å²) in [6.45, 7) is 4.67. The minimum absolute atomic E-state index is 0.417. The van der Waals surface area contributed by atoms with E-state index in [0.717, 1.165) is 44.1 Å². The molecule has 1 heterocycles. The second kappa shape index (κ2) is 10.1. The molecule has 1 aromatic heterocycles. The number of pyridine rings is 1. The topological polar surface area (TPSA) is 37.7 Å². The molecule has 0 bridgehead atoms. The maximum absolute atomic E-state index is 6.02. The lowest BCUT2D eigenvalue weighted by Crippen LogP contribution is -2.13. The van der Waals surface area contributed by atoms with E-state index in [4.69, 9.17) is 16.3 Å². The summed E-state index contributed by atoms with van der Waals surface area (Å²) in [5.41, 5.74) is 5.15. The van der Waals surface area contributed by atoms with Gasteiger partial charge in [-0.2, -0.15) is 5.10 Å². The van der Waals surface area contributed by atoms with Gasteiger partial charge in [-0.25, -0.2) is 4.98 Å². The van der Waals surface area contributed by atoms with Crippen molar-refractivity contribution in [3.63, 3.8) is 0 Å². The van der Waals surface area contributed by atoms with Gasteiger partial charge in [0, 0.05) is 24.2 Å². The summed E-state index contributed by atoms with van der Waals surface area (Å²) in [7, 11) is 1.90. The lowest BCUT2D eigenvalue weighted by molar-refractivity contribution is 0.302. The third kappa shape index (κ3) is 5.54. The van der Waals surface area contributed by atoms with Crippen LogP contribution in [0, 0.1) is 0 Å². The Hall–Kier alpha value is -3.63. The van der Waals surface area contributed by atoms with E-state index in [2.05, 4.69) is 47.1 Å². The van der Waals surface area contributed by atoms with Crippen molar-refractivity contribution in [2.24, 2.45) is 5.10 Å². The Kier molecular flexibility index (Phi) is 6.83. The second-order valence-corrected chi connectivity index (χ2v) is 7.92. The van der Waals surface area contributed by atoms with Crippen molar-refractivity contribution in [1.29, 1.82) is 0 Å². The number of halogens is 1. The number of hydrazone groups is 1. The second-order valence-electron chi connectivity index (χ2n) is 7.49. The number of ether oxygens (including phenoxy) is 1. The van der Waals surface area contributed by atoms with Gasteiger partial charge < -0.3 is 4.74 Å². The number of fused-ring (bicyclic) bond motifs is 1. The Bertz CT molecular complexity index is 1230. The van der Waals surface area contributed by atoms with Crippen LogP contribution in [0.3, 0.4) is 0 Å². The highest BCUT2D eigenvalue weighted by molar-refractivity contribution is 6.30. The molecule has 0 saturated heterocycles. The van der Waals surface area contributed by atoms with E-state index in [9.17, 15) is 0 Å². The molecule has 0 aliphatic rings. The molecular weight excluding hydrogens is 418 g/mol. The van der Waals surface area contributed by atoms with Gasteiger partial charge >= 0.3 is 0 Å². The molecule has 4 rings (SSSR count). The molecule has 0 atom stereocenters. The Morgan fingerprint density at radius 3 is 2.50 bits per heavy atom. The molecule has 0 amide bonds. The van der Waals surface area contributed by atoms with E-state index in [0.29, 0.717) is 13.2 Å². The number of nitrogens with zero attached hydrogens (tertiary/aromatic N) is 3. The van der Waals surface area contributed by atoms with Crippen molar-refractivity contribution in [1.82, 2.24) is 9.99 Å². The first-order chi connectivity index (χ1) is 15.6. The van der Waals surface area contributed by atoms with Crippen molar-refractivity contribution in [3.8, 4) is 5.75 Å². The molecule has 0 fully saturated rings. The third-order valence-corrected chi connectivity index (χ3v) is 5.37. The van der Waals surface area contributed by atoms with Crippen molar-refractivity contribution in [2.75, 3.05) is 13.6 Å². The molecule has 4 nitrogen and oxygen atoms in total. The summed E-state index contributed by atoms with van der Waals surface area (Å²) in [5, 5.41) is 7.65. The van der Waals surface area contributed by atoms with Gasteiger partial charge in [-0.05, 0) is 59.2 Å². The van der Waals surface area contributed by atoms with Gasteiger partial charge in [0.1, 0.15) is 12.4 Å². The monoisotopic (exact) mass is 441 g/mol. The van der Waals surface area contributed by atoms with Crippen LogP contribution in [0.15, 0.2) is 90.0 Å². The van der Waals surface area contributed by atoms with Crippen molar-refractivity contribution in [2.45, 2.75) is 6.61 Å². The summed E-state index contributed by atoms with van der Waals surface area (Å²) in [6, 6.07) is 28.0. The maximum Gasteiger partial charge on any atom is 0.130 e. The summed E-state index contributed by atoms with van der Waals surface area (Å²) in [4.78, 5) is 4.67. The lowest BCUT2D eigenvalue weighted by Gasteiger charge is -2.16. The minimum atomic E-state index is 0.417. The van der Waals surface area contributed by atoms with Gasteiger partial charge in [0.05, 0.1) is 17.8 Å². The average molecular weight is 442 g/mol. The van der Waals surface area contributed by atoms with Crippen LogP contribution in [0.2, 0.25) is 5.02 Å². The molecule has 0 unspecified atom stereocenters. The minimum Gasteiger partial charge on any atom is -0.487 e. The molecule has 4 aromatic rings. The number of likely N-dealkylation sites (N-methyl/N-ethyl adjacent to an activating group) is 1. The van der Waals surface area contributed by atoms with E-state index in [-0.39, 0.29) is 0 Å². The van der Waals surface area contributed by atoms with Gasteiger partial charge in [-0.3, -0.25) is 5.01 Å². The zero-order valence-electron chi connectivity index (χ0n) is 17.9. The first kappa shape index (κ1) is 21.6. The number of hydrogen-bond acceptors (Lipinski definition) is 4. The standard InChI is InChI=1S/C27H24ClN3O/c1-29-31(2)18-23(17-20-7-12-24(28)13-8-20)21-10-15-26(16-11-21)32-19-25-14-9-22-5-3-4-6-27(22)30-25/h3-17H,1,18-19H2,2H3/b23-17-. The molecule has 5 heteroatoms. The molecular formula is C27H24ClN3O. The van der Waals surface area contributed by atoms with Gasteiger partial charge in [-0.1, -0.05) is 60.1 Å². The fraction of sp³-hybridized carbons (Fsp3) is 0.111. The average Bonchev–Trinajstić information content (AvgIpc) is 2.83. The van der Waals surface area contributed by atoms with Crippen LogP contribution in [0.1, 0.15) is 16.8 Å². The van der Waals surface area contributed by atoms with Gasteiger partial charge in [-0.15, -0.1) is 0 Å². The molecule has 0 spiro atoms. The summed E-state index contributed by atoms with van der Waals surface area (Å²) in [5.74, 6) is 0.796. The van der Waals surface area contributed by atoms with E-state index in [1.54, 1.807) is 5.01 Å². The van der Waals surface area contributed by atoms with Crippen molar-refractivity contribution >= 4 is 40.9 Å². The number of rotatable bonds is 8. The van der Waals surface area contributed by atoms with Crippen molar-refractivity contribution in [3.05, 3.63) is 107 Å². The van der Waals surface area contributed by atoms with Crippen LogP contribution in [-0.2, 0) is 6.61 Å². The van der Waals surface area contributed by atoms with E-state index in [1.807, 2.05) is 67.7 Å². The van der Waals surface area contributed by atoms with Gasteiger partial charge in [0.2, 0.25) is 0 Å². The highest BCUT2D eigenvalue weighted by Gasteiger charge is 2.07. The van der Waals surface area contributed by atoms with Crippen LogP contribution in [0.25, 0.3) is 22.6 Å². The first-order valence-corrected chi connectivity index (χ1v) is 10.7. The number of hydrogen-bond donors (Lipinski definition) is 0. The van der Waals surface area contributed by atoms with E-state index < -0.39 is 0 Å². The highest BCUT2D eigenvalue weighted by atomic mass is 35.5. The number of para-hydroxylation sites is 1. The van der Waals surface area contributed by atoms with Crippen molar-refractivity contribution < 1.29 is 4.74 Å². The quantitative estimate of drug-likeness (QED) is 0.176. The fourth-order valence-electron chi connectivity index (χ4n) is 3.39. The molecule has 0 aliphatic heterocycles. The molecule has 3 aromatic carbocycles. The summed E-state index contributed by atoms with van der Waals surface area (Å²) < 4.78 is 5.97.